The van der Waals surface area contributed by atoms with Crippen molar-refractivity contribution in [2.24, 2.45) is 0 Å². The number of carbonyl (C=O) groups is 2. The third kappa shape index (κ3) is 4.13. The lowest BCUT2D eigenvalue weighted by Gasteiger charge is -2.36. The second-order valence-corrected chi connectivity index (χ2v) is 6.62. The van der Waals surface area contributed by atoms with E-state index in [4.69, 9.17) is 11.5 Å². The van der Waals surface area contributed by atoms with E-state index >= 15 is 0 Å². The Morgan fingerprint density at radius 2 is 2.16 bits per heavy atom. The summed E-state index contributed by atoms with van der Waals surface area (Å²) in [6, 6.07) is -1.02. The second kappa shape index (κ2) is 5.93. The highest BCUT2D eigenvalue weighted by Gasteiger charge is 2.33. The smallest absolute Gasteiger partial charge is 0.323 e. The van der Waals surface area contributed by atoms with Crippen LogP contribution in [0.3, 0.4) is 0 Å². The van der Waals surface area contributed by atoms with Crippen LogP contribution in [-0.2, 0) is 14.6 Å². The van der Waals surface area contributed by atoms with Crippen LogP contribution in [0.25, 0.3) is 0 Å². The summed E-state index contributed by atoms with van der Waals surface area (Å²) >= 11 is 0. The van der Waals surface area contributed by atoms with Crippen LogP contribution >= 0.6 is 0 Å². The number of aliphatic carboxylic acids is 1. The molecule has 0 aromatic carbocycles. The monoisotopic (exact) mass is 288 g/mol. The number of urea groups is 1. The Kier molecular flexibility index (Phi) is 4.78. The van der Waals surface area contributed by atoms with Gasteiger partial charge in [0.15, 0.2) is 9.84 Å². The standard InChI is InChI=1S/C11H16N2O5S/c1-3-4-12(7-10(14)15)11(16)13-5-6-19(17,18)8-9(13)2/h1,9H,4-8H2,2H3,(H,14,15). The zero-order valence-electron chi connectivity index (χ0n) is 10.6. The van der Waals surface area contributed by atoms with Gasteiger partial charge < -0.3 is 14.9 Å². The molecule has 0 aliphatic carbocycles. The molecule has 1 atom stereocenters. The van der Waals surface area contributed by atoms with Crippen molar-refractivity contribution < 1.29 is 23.1 Å². The van der Waals surface area contributed by atoms with Crippen molar-refractivity contribution in [1.29, 1.82) is 0 Å². The number of amides is 2. The number of hydrogen-bond donors (Lipinski definition) is 1. The number of hydrogen-bond acceptors (Lipinski definition) is 4. The molecule has 0 radical (unpaired) electrons. The molecule has 0 saturated carbocycles. The molecule has 1 aliphatic heterocycles. The van der Waals surface area contributed by atoms with E-state index in [0.717, 1.165) is 4.90 Å². The SMILES string of the molecule is C#CCN(CC(=O)O)C(=O)N1CCS(=O)(=O)CC1C. The van der Waals surface area contributed by atoms with E-state index in [2.05, 4.69) is 5.92 Å². The van der Waals surface area contributed by atoms with Crippen LogP contribution in [-0.4, -0.2) is 72.5 Å². The summed E-state index contributed by atoms with van der Waals surface area (Å²) in [4.78, 5) is 25.2. The maximum atomic E-state index is 12.1. The summed E-state index contributed by atoms with van der Waals surface area (Å²) in [7, 11) is -3.13. The van der Waals surface area contributed by atoms with Gasteiger partial charge in [0, 0.05) is 12.6 Å². The van der Waals surface area contributed by atoms with Gasteiger partial charge in [0.25, 0.3) is 0 Å². The molecule has 1 unspecified atom stereocenters. The topological polar surface area (TPSA) is 95.0 Å². The Morgan fingerprint density at radius 3 is 2.63 bits per heavy atom. The largest absolute Gasteiger partial charge is 0.480 e. The Labute approximate surface area is 112 Å². The molecule has 1 fully saturated rings. The lowest BCUT2D eigenvalue weighted by atomic mass is 10.3. The number of rotatable bonds is 3. The predicted molar refractivity (Wildman–Crippen MR) is 68.3 cm³/mol. The number of carboxylic acid groups (broad SMARTS) is 1. The van der Waals surface area contributed by atoms with Gasteiger partial charge in [0.2, 0.25) is 0 Å². The molecule has 2 amide bonds. The van der Waals surface area contributed by atoms with Gasteiger partial charge in [-0.25, -0.2) is 13.2 Å². The summed E-state index contributed by atoms with van der Waals surface area (Å²) < 4.78 is 22.8. The highest BCUT2D eigenvalue weighted by atomic mass is 32.2. The molecule has 8 heteroatoms. The van der Waals surface area contributed by atoms with E-state index < -0.39 is 34.4 Å². The fraction of sp³-hybridized carbons (Fsp3) is 0.636. The molecule has 0 spiro atoms. The van der Waals surface area contributed by atoms with Crippen molar-refractivity contribution in [3.05, 3.63) is 0 Å². The van der Waals surface area contributed by atoms with E-state index in [9.17, 15) is 18.0 Å². The first-order valence-corrected chi connectivity index (χ1v) is 7.50. The zero-order chi connectivity index (χ0) is 14.6. The van der Waals surface area contributed by atoms with Crippen LogP contribution in [0, 0.1) is 12.3 Å². The Morgan fingerprint density at radius 1 is 1.53 bits per heavy atom. The summed E-state index contributed by atoms with van der Waals surface area (Å²) in [5.41, 5.74) is 0. The normalized spacial score (nSPS) is 21.5. The minimum atomic E-state index is -3.13. The fourth-order valence-electron chi connectivity index (χ4n) is 1.93. The minimum absolute atomic E-state index is 0.0586. The van der Waals surface area contributed by atoms with Crippen molar-refractivity contribution in [1.82, 2.24) is 9.80 Å². The summed E-state index contributed by atoms with van der Waals surface area (Å²) in [6.07, 6.45) is 5.10. The fourth-order valence-corrected chi connectivity index (χ4v) is 3.49. The number of sulfone groups is 1. The van der Waals surface area contributed by atoms with Gasteiger partial charge in [0.05, 0.1) is 18.1 Å². The molecule has 1 aliphatic rings. The predicted octanol–water partition coefficient (Wildman–Crippen LogP) is -0.755. The average Bonchev–Trinajstić information content (AvgIpc) is 2.26. The number of nitrogens with zero attached hydrogens (tertiary/aromatic N) is 2. The van der Waals surface area contributed by atoms with Crippen molar-refractivity contribution in [3.8, 4) is 12.3 Å². The van der Waals surface area contributed by atoms with E-state index in [1.54, 1.807) is 6.92 Å². The summed E-state index contributed by atoms with van der Waals surface area (Å²) in [5.74, 6) is 0.829. The first-order chi connectivity index (χ1) is 8.76. The Balaban J connectivity index is 2.80. The first kappa shape index (κ1) is 15.3. The molecule has 19 heavy (non-hydrogen) atoms. The summed E-state index contributed by atoms with van der Waals surface area (Å²) in [6.45, 7) is 1.05. The molecule has 1 N–H and O–H groups in total. The van der Waals surface area contributed by atoms with Crippen molar-refractivity contribution in [2.45, 2.75) is 13.0 Å². The number of carbonyl (C=O) groups excluding carboxylic acids is 1. The quantitative estimate of drug-likeness (QED) is 0.689. The maximum absolute atomic E-state index is 12.1. The molecule has 1 rings (SSSR count). The maximum Gasteiger partial charge on any atom is 0.323 e. The highest BCUT2D eigenvalue weighted by Crippen LogP contribution is 2.13. The van der Waals surface area contributed by atoms with Crippen LogP contribution in [0.1, 0.15) is 6.92 Å². The minimum Gasteiger partial charge on any atom is -0.480 e. The summed E-state index contributed by atoms with van der Waals surface area (Å²) in [5, 5.41) is 8.73. The average molecular weight is 288 g/mol. The molecule has 0 aromatic heterocycles. The molecule has 7 nitrogen and oxygen atoms in total. The van der Waals surface area contributed by atoms with E-state index in [1.807, 2.05) is 0 Å². The molecule has 0 bridgehead atoms. The van der Waals surface area contributed by atoms with Gasteiger partial charge in [0.1, 0.15) is 6.54 Å². The van der Waals surface area contributed by atoms with Gasteiger partial charge in [-0.05, 0) is 6.92 Å². The molecular formula is C11H16N2O5S. The van der Waals surface area contributed by atoms with Gasteiger partial charge in [-0.3, -0.25) is 4.79 Å². The lowest BCUT2D eigenvalue weighted by Crippen LogP contribution is -2.55. The number of carboxylic acids is 1. The first-order valence-electron chi connectivity index (χ1n) is 5.68. The van der Waals surface area contributed by atoms with E-state index in [-0.39, 0.29) is 24.6 Å². The lowest BCUT2D eigenvalue weighted by molar-refractivity contribution is -0.137. The van der Waals surface area contributed by atoms with Crippen molar-refractivity contribution >= 4 is 21.8 Å². The molecule has 1 saturated heterocycles. The molecule has 0 aromatic rings. The Hall–Kier alpha value is -1.75. The van der Waals surface area contributed by atoms with Gasteiger partial charge in [-0.2, -0.15) is 0 Å². The van der Waals surface area contributed by atoms with Crippen LogP contribution < -0.4 is 0 Å². The molecule has 1 heterocycles. The third-order valence-corrected chi connectivity index (χ3v) is 4.59. The van der Waals surface area contributed by atoms with Gasteiger partial charge in [-0.1, -0.05) is 5.92 Å². The second-order valence-electron chi connectivity index (χ2n) is 4.39. The van der Waals surface area contributed by atoms with E-state index in [1.165, 1.54) is 4.90 Å². The van der Waals surface area contributed by atoms with Crippen LogP contribution in [0.2, 0.25) is 0 Å². The van der Waals surface area contributed by atoms with Crippen molar-refractivity contribution in [3.63, 3.8) is 0 Å². The zero-order valence-corrected chi connectivity index (χ0v) is 11.4. The third-order valence-electron chi connectivity index (χ3n) is 2.79. The molecular weight excluding hydrogens is 272 g/mol. The van der Waals surface area contributed by atoms with Crippen LogP contribution in [0.4, 0.5) is 4.79 Å². The number of terminal acetylenes is 1. The van der Waals surface area contributed by atoms with Crippen LogP contribution in [0.15, 0.2) is 0 Å². The Bertz CT molecular complexity index is 508. The highest BCUT2D eigenvalue weighted by molar-refractivity contribution is 7.91. The van der Waals surface area contributed by atoms with Gasteiger partial charge >= 0.3 is 12.0 Å². The molecule has 106 valence electrons. The van der Waals surface area contributed by atoms with Crippen LogP contribution in [0.5, 0.6) is 0 Å². The van der Waals surface area contributed by atoms with E-state index in [0.29, 0.717) is 0 Å². The van der Waals surface area contributed by atoms with Crippen molar-refractivity contribution in [2.75, 3.05) is 31.1 Å². The van der Waals surface area contributed by atoms with Gasteiger partial charge in [-0.15, -0.1) is 6.42 Å².